The minimum Gasteiger partial charge on any atom is -0.493 e. The molecule has 3 rings (SSSR count). The van der Waals surface area contributed by atoms with E-state index in [0.29, 0.717) is 48.6 Å². The van der Waals surface area contributed by atoms with Crippen LogP contribution in [0, 0.1) is 0 Å². The van der Waals surface area contributed by atoms with Crippen molar-refractivity contribution in [2.24, 2.45) is 0 Å². The predicted molar refractivity (Wildman–Crippen MR) is 115 cm³/mol. The largest absolute Gasteiger partial charge is 0.493 e. The number of nitrogens with zero attached hydrogens (tertiary/aromatic N) is 2. The maximum atomic E-state index is 12.7. The number of anilines is 1. The van der Waals surface area contributed by atoms with Crippen LogP contribution in [-0.2, 0) is 12.7 Å². The van der Waals surface area contributed by atoms with Crippen LogP contribution >= 0.6 is 0 Å². The molecule has 0 aliphatic rings. The lowest BCUT2D eigenvalue weighted by Crippen LogP contribution is -2.20. The van der Waals surface area contributed by atoms with Gasteiger partial charge in [0.25, 0.3) is 0 Å². The highest BCUT2D eigenvalue weighted by Gasteiger charge is 2.29. The molecule has 11 heteroatoms. The molecule has 0 aliphatic carbocycles. The Morgan fingerprint density at radius 3 is 2.52 bits per heavy atom. The fourth-order valence-electron chi connectivity index (χ4n) is 3.12. The van der Waals surface area contributed by atoms with Crippen molar-refractivity contribution in [1.29, 1.82) is 0 Å². The van der Waals surface area contributed by atoms with E-state index in [1.54, 1.807) is 6.07 Å². The van der Waals surface area contributed by atoms with Crippen molar-refractivity contribution in [1.82, 2.24) is 15.3 Å². The molecule has 4 N–H and O–H groups in total. The second-order valence-corrected chi connectivity index (χ2v) is 7.12. The van der Waals surface area contributed by atoms with Gasteiger partial charge in [0.2, 0.25) is 0 Å². The van der Waals surface area contributed by atoms with E-state index in [1.165, 1.54) is 24.5 Å². The predicted octanol–water partition coefficient (Wildman–Crippen LogP) is 3.31. The minimum atomic E-state index is -4.41. The van der Waals surface area contributed by atoms with Gasteiger partial charge in [0.15, 0.2) is 0 Å². The lowest BCUT2D eigenvalue weighted by Gasteiger charge is -2.13. The summed E-state index contributed by atoms with van der Waals surface area (Å²) in [5.74, 6) is -0.519. The molecule has 33 heavy (non-hydrogen) atoms. The van der Waals surface area contributed by atoms with Crippen LogP contribution in [0.2, 0.25) is 0 Å². The van der Waals surface area contributed by atoms with E-state index in [-0.39, 0.29) is 24.2 Å². The van der Waals surface area contributed by atoms with E-state index in [1.807, 2.05) is 0 Å². The normalized spacial score (nSPS) is 11.5. The van der Waals surface area contributed by atoms with Crippen LogP contribution in [-0.4, -0.2) is 52.5 Å². The Bertz CT molecular complexity index is 1090. The second kappa shape index (κ2) is 10.9. The zero-order chi connectivity index (χ0) is 23.8. The third-order valence-corrected chi connectivity index (χ3v) is 4.74. The highest BCUT2D eigenvalue weighted by molar-refractivity contribution is 6.05. The van der Waals surface area contributed by atoms with Crippen LogP contribution in [0.1, 0.15) is 27.9 Å². The Labute approximate surface area is 187 Å². The molecule has 0 amide bonds. The van der Waals surface area contributed by atoms with E-state index in [0.717, 1.165) is 12.1 Å². The smallest absolute Gasteiger partial charge is 0.416 e. The lowest BCUT2D eigenvalue weighted by molar-refractivity contribution is -0.137. The number of halogens is 3. The molecule has 0 fully saturated rings. The van der Waals surface area contributed by atoms with Gasteiger partial charge in [-0.3, -0.25) is 0 Å². The van der Waals surface area contributed by atoms with Gasteiger partial charge in [-0.2, -0.15) is 13.2 Å². The topological polar surface area (TPSA) is 117 Å². The number of hydrogen-bond donors (Lipinski definition) is 4. The molecule has 0 bridgehead atoms. The number of alkyl halides is 3. The fourth-order valence-corrected chi connectivity index (χ4v) is 3.12. The minimum absolute atomic E-state index is 0.0375. The van der Waals surface area contributed by atoms with Crippen molar-refractivity contribution >= 4 is 22.7 Å². The second-order valence-electron chi connectivity index (χ2n) is 7.12. The van der Waals surface area contributed by atoms with Crippen LogP contribution in [0.5, 0.6) is 5.75 Å². The Balaban J connectivity index is 1.78. The number of carbonyl (C=O) groups is 1. The summed E-state index contributed by atoms with van der Waals surface area (Å²) in [6.07, 6.45) is -2.55. The Morgan fingerprint density at radius 2 is 1.85 bits per heavy atom. The summed E-state index contributed by atoms with van der Waals surface area (Å²) in [5, 5.41) is 24.8. The summed E-state index contributed by atoms with van der Waals surface area (Å²) in [6, 6.07) is 7.73. The monoisotopic (exact) mass is 464 g/mol. The van der Waals surface area contributed by atoms with Gasteiger partial charge in [0.1, 0.15) is 17.9 Å². The average Bonchev–Trinajstić information content (AvgIpc) is 2.79. The SMILES string of the molecule is O=C(O)c1cc(OCCCNCCO)cc2c(NCc3ccc(C(F)(F)F)cc3)ncnc12. The summed E-state index contributed by atoms with van der Waals surface area (Å²) in [5.41, 5.74) is 0.0134. The van der Waals surface area contributed by atoms with Gasteiger partial charge in [0, 0.05) is 18.5 Å². The number of ether oxygens (including phenoxy) is 1. The first-order valence-electron chi connectivity index (χ1n) is 10.2. The number of fused-ring (bicyclic) bond motifs is 1. The molecule has 0 saturated carbocycles. The molecule has 8 nitrogen and oxygen atoms in total. The highest BCUT2D eigenvalue weighted by Crippen LogP contribution is 2.30. The molecule has 0 atom stereocenters. The highest BCUT2D eigenvalue weighted by atomic mass is 19.4. The maximum Gasteiger partial charge on any atom is 0.416 e. The number of aliphatic hydroxyl groups is 1. The number of rotatable bonds is 11. The molecule has 0 unspecified atom stereocenters. The van der Waals surface area contributed by atoms with Gasteiger partial charge in [-0.05, 0) is 42.8 Å². The third-order valence-electron chi connectivity index (χ3n) is 4.74. The third kappa shape index (κ3) is 6.53. The molecule has 0 radical (unpaired) electrons. The number of nitrogens with one attached hydrogen (secondary N) is 2. The van der Waals surface area contributed by atoms with Crippen LogP contribution < -0.4 is 15.4 Å². The summed E-state index contributed by atoms with van der Waals surface area (Å²) in [6.45, 7) is 1.64. The van der Waals surface area contributed by atoms with Crippen molar-refractivity contribution in [2.75, 3.05) is 31.6 Å². The Morgan fingerprint density at radius 1 is 1.09 bits per heavy atom. The van der Waals surface area contributed by atoms with Crippen LogP contribution in [0.3, 0.4) is 0 Å². The van der Waals surface area contributed by atoms with Crippen molar-refractivity contribution in [3.63, 3.8) is 0 Å². The van der Waals surface area contributed by atoms with Crippen molar-refractivity contribution in [2.45, 2.75) is 19.1 Å². The van der Waals surface area contributed by atoms with Crippen molar-refractivity contribution in [3.8, 4) is 5.75 Å². The summed E-state index contributed by atoms with van der Waals surface area (Å²) >= 11 is 0. The van der Waals surface area contributed by atoms with Gasteiger partial charge in [0.05, 0.1) is 29.9 Å². The number of aromatic carboxylic acids is 1. The van der Waals surface area contributed by atoms with E-state index < -0.39 is 17.7 Å². The Hall–Kier alpha value is -3.44. The number of carboxylic acids is 1. The van der Waals surface area contributed by atoms with Gasteiger partial charge < -0.3 is 25.6 Å². The molecule has 0 saturated heterocycles. The summed E-state index contributed by atoms with van der Waals surface area (Å²) in [4.78, 5) is 20.0. The first-order chi connectivity index (χ1) is 15.8. The summed E-state index contributed by atoms with van der Waals surface area (Å²) in [7, 11) is 0. The van der Waals surface area contributed by atoms with Gasteiger partial charge in [-0.15, -0.1) is 0 Å². The molecule has 3 aromatic rings. The zero-order valence-electron chi connectivity index (χ0n) is 17.5. The van der Waals surface area contributed by atoms with Crippen LogP contribution in [0.25, 0.3) is 10.9 Å². The molecule has 2 aromatic carbocycles. The number of aromatic nitrogens is 2. The van der Waals surface area contributed by atoms with E-state index >= 15 is 0 Å². The molecular weight excluding hydrogens is 441 g/mol. The van der Waals surface area contributed by atoms with Crippen molar-refractivity contribution in [3.05, 3.63) is 59.4 Å². The average molecular weight is 464 g/mol. The number of benzene rings is 2. The lowest BCUT2D eigenvalue weighted by atomic mass is 10.1. The number of hydrogen-bond acceptors (Lipinski definition) is 7. The zero-order valence-corrected chi connectivity index (χ0v) is 17.5. The van der Waals surface area contributed by atoms with Crippen molar-refractivity contribution < 1.29 is 32.9 Å². The van der Waals surface area contributed by atoms with Gasteiger partial charge >= 0.3 is 12.1 Å². The quantitative estimate of drug-likeness (QED) is 0.320. The summed E-state index contributed by atoms with van der Waals surface area (Å²) < 4.78 is 43.9. The van der Waals surface area contributed by atoms with E-state index in [4.69, 9.17) is 9.84 Å². The Kier molecular flexibility index (Phi) is 8.01. The van der Waals surface area contributed by atoms with Crippen LogP contribution in [0.4, 0.5) is 19.0 Å². The fraction of sp³-hybridized carbons (Fsp3) is 0.318. The molecule has 0 spiro atoms. The number of aliphatic hydroxyl groups excluding tert-OH is 1. The molecule has 176 valence electrons. The first kappa shape index (κ1) is 24.2. The van der Waals surface area contributed by atoms with Gasteiger partial charge in [-0.1, -0.05) is 12.1 Å². The first-order valence-corrected chi connectivity index (χ1v) is 10.2. The van der Waals surface area contributed by atoms with Crippen LogP contribution in [0.15, 0.2) is 42.7 Å². The number of carboxylic acid groups (broad SMARTS) is 1. The van der Waals surface area contributed by atoms with E-state index in [2.05, 4.69) is 20.6 Å². The maximum absolute atomic E-state index is 12.7. The standard InChI is InChI=1S/C22H23F3N4O4/c23-22(24,25)15-4-2-14(3-5-15)12-27-20-17-10-16(33-9-1-6-26-7-8-30)11-18(21(31)32)19(17)28-13-29-20/h2-5,10-11,13,26,30H,1,6-9,12H2,(H,31,32)(H,27,28,29). The molecule has 0 aliphatic heterocycles. The van der Waals surface area contributed by atoms with Gasteiger partial charge in [-0.25, -0.2) is 14.8 Å². The van der Waals surface area contributed by atoms with E-state index in [9.17, 15) is 23.1 Å². The molecule has 1 heterocycles. The molecular formula is C22H23F3N4O4. The molecule has 1 aromatic heterocycles.